The molecule has 7 nitrogen and oxygen atoms in total. The molecule has 1 aliphatic heterocycles. The molecule has 108 valence electrons. The van der Waals surface area contributed by atoms with Crippen LogP contribution in [0.1, 0.15) is 24.6 Å². The predicted octanol–water partition coefficient (Wildman–Crippen LogP) is -1.19. The van der Waals surface area contributed by atoms with Crippen molar-refractivity contribution in [3.63, 3.8) is 0 Å². The van der Waals surface area contributed by atoms with Crippen LogP contribution in [-0.4, -0.2) is 32.1 Å². The van der Waals surface area contributed by atoms with Crippen LogP contribution in [-0.2, 0) is 17.9 Å². The first-order chi connectivity index (χ1) is 9.62. The lowest BCUT2D eigenvalue weighted by molar-refractivity contribution is -0.0254. The van der Waals surface area contributed by atoms with E-state index in [9.17, 15) is 14.7 Å². The highest BCUT2D eigenvalue weighted by Crippen LogP contribution is 2.26. The minimum absolute atomic E-state index is 0.0795. The molecule has 1 fully saturated rings. The summed E-state index contributed by atoms with van der Waals surface area (Å²) in [7, 11) is 0. The minimum atomic E-state index is -0.594. The minimum Gasteiger partial charge on any atom is -0.394 e. The smallest absolute Gasteiger partial charge is 0.333 e. The number of ether oxygens (including phenoxy) is 1. The van der Waals surface area contributed by atoms with Gasteiger partial charge in [0.15, 0.2) is 0 Å². The van der Waals surface area contributed by atoms with E-state index in [1.165, 1.54) is 10.8 Å². The van der Waals surface area contributed by atoms with Crippen molar-refractivity contribution in [2.45, 2.75) is 38.3 Å². The number of aromatic nitrogens is 2. The van der Waals surface area contributed by atoms with Crippen LogP contribution in [0.2, 0.25) is 0 Å². The van der Waals surface area contributed by atoms with E-state index in [0.717, 1.165) is 4.57 Å². The summed E-state index contributed by atoms with van der Waals surface area (Å²) in [5, 5.41) is 18.3. The Balaban J connectivity index is 2.49. The number of rotatable bonds is 4. The van der Waals surface area contributed by atoms with Crippen molar-refractivity contribution in [3.8, 4) is 12.3 Å². The second kappa shape index (κ2) is 6.05. The highest BCUT2D eigenvalue weighted by Gasteiger charge is 2.27. The Kier molecular flexibility index (Phi) is 4.39. The largest absolute Gasteiger partial charge is 0.394 e. The molecule has 1 aromatic rings. The van der Waals surface area contributed by atoms with Gasteiger partial charge in [0.1, 0.15) is 6.23 Å². The van der Waals surface area contributed by atoms with Crippen LogP contribution in [0, 0.1) is 12.3 Å². The molecule has 20 heavy (non-hydrogen) atoms. The summed E-state index contributed by atoms with van der Waals surface area (Å²) in [5.41, 5.74) is -1.09. The highest BCUT2D eigenvalue weighted by molar-refractivity contribution is 5.06. The summed E-state index contributed by atoms with van der Waals surface area (Å²) < 4.78 is 7.65. The Bertz CT molecular complexity index is 640. The topological polar surface area (TPSA) is 93.7 Å². The molecule has 1 aliphatic rings. The second-order valence-electron chi connectivity index (χ2n) is 4.57. The van der Waals surface area contributed by atoms with Crippen molar-refractivity contribution in [1.82, 2.24) is 9.13 Å². The van der Waals surface area contributed by atoms with Gasteiger partial charge >= 0.3 is 5.69 Å². The van der Waals surface area contributed by atoms with Crippen LogP contribution in [0.25, 0.3) is 0 Å². The molecule has 0 saturated carbocycles. The van der Waals surface area contributed by atoms with Gasteiger partial charge < -0.3 is 14.9 Å². The van der Waals surface area contributed by atoms with Gasteiger partial charge in [-0.15, -0.1) is 6.42 Å². The first kappa shape index (κ1) is 14.5. The number of hydrogen-bond donors (Lipinski definition) is 2. The number of aliphatic hydroxyl groups is 2. The zero-order valence-electron chi connectivity index (χ0n) is 10.9. The van der Waals surface area contributed by atoms with E-state index in [2.05, 4.69) is 5.92 Å². The maximum Gasteiger partial charge on any atom is 0.333 e. The maximum atomic E-state index is 12.2. The lowest BCUT2D eigenvalue weighted by Crippen LogP contribution is -2.42. The van der Waals surface area contributed by atoms with Crippen molar-refractivity contribution in [3.05, 3.63) is 32.6 Å². The quantitative estimate of drug-likeness (QED) is 0.676. The van der Waals surface area contributed by atoms with Gasteiger partial charge in [-0.25, -0.2) is 9.36 Å². The average molecular weight is 280 g/mol. The van der Waals surface area contributed by atoms with Crippen molar-refractivity contribution >= 4 is 0 Å². The fourth-order valence-corrected chi connectivity index (χ4v) is 2.25. The number of nitrogens with zero attached hydrogens (tertiary/aromatic N) is 2. The Morgan fingerprint density at radius 3 is 2.70 bits per heavy atom. The third-order valence-electron chi connectivity index (χ3n) is 3.29. The molecule has 2 N–H and O–H groups in total. The molecule has 1 aromatic heterocycles. The molecule has 0 radical (unpaired) electrons. The van der Waals surface area contributed by atoms with Gasteiger partial charge in [0, 0.05) is 6.20 Å². The molecular formula is C13H16N2O5. The third-order valence-corrected chi connectivity index (χ3v) is 3.29. The summed E-state index contributed by atoms with van der Waals surface area (Å²) in [5.74, 6) is 2.24. The van der Waals surface area contributed by atoms with Gasteiger partial charge in [-0.1, -0.05) is 5.92 Å². The molecule has 2 heterocycles. The summed E-state index contributed by atoms with van der Waals surface area (Å²) in [4.78, 5) is 24.1. The third kappa shape index (κ3) is 2.54. The van der Waals surface area contributed by atoms with Crippen molar-refractivity contribution in [2.75, 3.05) is 6.61 Å². The highest BCUT2D eigenvalue weighted by atomic mass is 16.5. The normalized spacial score (nSPS) is 21.9. The Labute approximate surface area is 115 Å². The number of aliphatic hydroxyl groups excluding tert-OH is 2. The molecule has 0 amide bonds. The van der Waals surface area contributed by atoms with Crippen molar-refractivity contribution < 1.29 is 14.9 Å². The first-order valence-electron chi connectivity index (χ1n) is 6.27. The molecule has 7 heteroatoms. The average Bonchev–Trinajstić information content (AvgIpc) is 2.92. The van der Waals surface area contributed by atoms with Gasteiger partial charge in [0.2, 0.25) is 0 Å². The van der Waals surface area contributed by atoms with Crippen molar-refractivity contribution in [1.29, 1.82) is 0 Å². The molecular weight excluding hydrogens is 264 g/mol. The van der Waals surface area contributed by atoms with E-state index in [1.54, 1.807) is 0 Å². The van der Waals surface area contributed by atoms with E-state index >= 15 is 0 Å². The van der Waals surface area contributed by atoms with Crippen LogP contribution in [0.4, 0.5) is 0 Å². The summed E-state index contributed by atoms with van der Waals surface area (Å²) in [6.45, 7) is -0.774. The van der Waals surface area contributed by atoms with E-state index in [0.29, 0.717) is 12.8 Å². The summed E-state index contributed by atoms with van der Waals surface area (Å²) in [6, 6.07) is 0. The van der Waals surface area contributed by atoms with Gasteiger partial charge in [-0.2, -0.15) is 0 Å². The standard InChI is InChI=1S/C13H16N2O5/c1-2-5-14-12(18)9(7-16)6-15(13(14)19)11-4-3-10(8-17)20-11/h1,6,10-11,16-17H,3-5,7-8H2/t10-,11+/m0/s1. The van der Waals surface area contributed by atoms with Crippen LogP contribution < -0.4 is 11.2 Å². The van der Waals surface area contributed by atoms with Crippen LogP contribution in [0.3, 0.4) is 0 Å². The first-order valence-corrected chi connectivity index (χ1v) is 6.27. The van der Waals surface area contributed by atoms with Gasteiger partial charge in [0.05, 0.1) is 31.4 Å². The lowest BCUT2D eigenvalue weighted by atomic mass is 10.2. The molecule has 1 saturated heterocycles. The molecule has 2 atom stereocenters. The fourth-order valence-electron chi connectivity index (χ4n) is 2.25. The Morgan fingerprint density at radius 2 is 2.15 bits per heavy atom. The molecule has 0 spiro atoms. The number of hydrogen-bond acceptors (Lipinski definition) is 5. The van der Waals surface area contributed by atoms with E-state index in [4.69, 9.17) is 16.3 Å². The lowest BCUT2D eigenvalue weighted by Gasteiger charge is -2.17. The van der Waals surface area contributed by atoms with E-state index in [1.807, 2.05) is 0 Å². The Morgan fingerprint density at radius 1 is 1.40 bits per heavy atom. The van der Waals surface area contributed by atoms with Crippen LogP contribution in [0.15, 0.2) is 15.8 Å². The van der Waals surface area contributed by atoms with E-state index < -0.39 is 24.1 Å². The van der Waals surface area contributed by atoms with E-state index in [-0.39, 0.29) is 24.8 Å². The predicted molar refractivity (Wildman–Crippen MR) is 69.9 cm³/mol. The van der Waals surface area contributed by atoms with Gasteiger partial charge in [0.25, 0.3) is 5.56 Å². The molecule has 0 aliphatic carbocycles. The fraction of sp³-hybridized carbons (Fsp3) is 0.538. The summed E-state index contributed by atoms with van der Waals surface area (Å²) >= 11 is 0. The molecule has 2 rings (SSSR count). The Hall–Kier alpha value is -1.88. The summed E-state index contributed by atoms with van der Waals surface area (Å²) in [6.07, 6.45) is 6.73. The monoisotopic (exact) mass is 280 g/mol. The molecule has 0 unspecified atom stereocenters. The molecule has 0 bridgehead atoms. The maximum absolute atomic E-state index is 12.2. The van der Waals surface area contributed by atoms with Crippen LogP contribution in [0.5, 0.6) is 0 Å². The number of terminal acetylenes is 1. The van der Waals surface area contributed by atoms with Gasteiger partial charge in [-0.3, -0.25) is 9.36 Å². The van der Waals surface area contributed by atoms with Crippen molar-refractivity contribution in [2.24, 2.45) is 0 Å². The van der Waals surface area contributed by atoms with Crippen LogP contribution >= 0.6 is 0 Å². The zero-order valence-corrected chi connectivity index (χ0v) is 10.9. The second-order valence-corrected chi connectivity index (χ2v) is 4.57. The van der Waals surface area contributed by atoms with Gasteiger partial charge in [-0.05, 0) is 12.8 Å². The SMILES string of the molecule is C#CCn1c(=O)c(CO)cn([C@H]2CC[C@@H](CO)O2)c1=O. The zero-order chi connectivity index (χ0) is 14.7. The molecule has 0 aromatic carbocycles.